The normalized spacial score (nSPS) is 16.4. The van der Waals surface area contributed by atoms with Crippen LogP contribution in [-0.4, -0.2) is 12.6 Å². The number of nitrogens with one attached hydrogen (secondary N) is 1. The molecule has 0 aromatic heterocycles. The van der Waals surface area contributed by atoms with E-state index in [1.54, 1.807) is 6.07 Å². The minimum absolute atomic E-state index is 0.293. The Morgan fingerprint density at radius 2 is 1.90 bits per heavy atom. The first-order valence-electron chi connectivity index (χ1n) is 7.91. The van der Waals surface area contributed by atoms with E-state index >= 15 is 0 Å². The summed E-state index contributed by atoms with van der Waals surface area (Å²) >= 11 is 12.5. The van der Waals surface area contributed by atoms with Crippen molar-refractivity contribution in [2.45, 2.75) is 58.6 Å². The predicted molar refractivity (Wildman–Crippen MR) is 90.5 cm³/mol. The molecule has 1 aliphatic rings. The molecule has 1 aromatic carbocycles. The Labute approximate surface area is 138 Å². The van der Waals surface area contributed by atoms with Gasteiger partial charge in [-0.2, -0.15) is 0 Å². The topological polar surface area (TPSA) is 21.3 Å². The Kier molecular flexibility index (Phi) is 6.66. The molecule has 2 rings (SSSR count). The fraction of sp³-hybridized carbons (Fsp3) is 0.647. The quantitative estimate of drug-likeness (QED) is 0.749. The molecule has 1 fully saturated rings. The first-order valence-corrected chi connectivity index (χ1v) is 8.67. The van der Waals surface area contributed by atoms with Gasteiger partial charge < -0.3 is 10.1 Å². The molecule has 1 aromatic rings. The van der Waals surface area contributed by atoms with Crippen molar-refractivity contribution >= 4 is 23.2 Å². The van der Waals surface area contributed by atoms with Crippen molar-refractivity contribution in [2.75, 3.05) is 6.54 Å². The summed E-state index contributed by atoms with van der Waals surface area (Å²) in [5, 5.41) is 4.72. The zero-order chi connectivity index (χ0) is 15.2. The number of ether oxygens (including phenoxy) is 1. The van der Waals surface area contributed by atoms with Crippen LogP contribution in [0.3, 0.4) is 0 Å². The van der Waals surface area contributed by atoms with Crippen LogP contribution >= 0.6 is 23.2 Å². The number of hydrogen-bond donors (Lipinski definition) is 1. The largest absolute Gasteiger partial charge is 0.489 e. The standard InChI is InChI=1S/C17H25Cl2NO/c1-12(2)10-20-11-13-8-14(18)9-16(19)17(13)21-15-6-4-3-5-7-15/h8-9,12,15,20H,3-7,10-11H2,1-2H3. The van der Waals surface area contributed by atoms with Gasteiger partial charge in [0.2, 0.25) is 0 Å². The molecule has 0 unspecified atom stereocenters. The van der Waals surface area contributed by atoms with E-state index in [-0.39, 0.29) is 0 Å². The van der Waals surface area contributed by atoms with Gasteiger partial charge in [0.25, 0.3) is 0 Å². The fourth-order valence-electron chi connectivity index (χ4n) is 2.72. The molecule has 0 bridgehead atoms. The lowest BCUT2D eigenvalue weighted by Crippen LogP contribution is -2.23. The maximum Gasteiger partial charge on any atom is 0.142 e. The average Bonchev–Trinajstić information content (AvgIpc) is 2.43. The Morgan fingerprint density at radius 1 is 1.19 bits per heavy atom. The van der Waals surface area contributed by atoms with Crippen LogP contribution in [0.25, 0.3) is 0 Å². The molecule has 0 spiro atoms. The molecule has 0 radical (unpaired) electrons. The molecular weight excluding hydrogens is 305 g/mol. The number of halogens is 2. The van der Waals surface area contributed by atoms with E-state index in [0.29, 0.717) is 22.1 Å². The third kappa shape index (κ3) is 5.36. The fourth-order valence-corrected chi connectivity index (χ4v) is 3.30. The van der Waals surface area contributed by atoms with Gasteiger partial charge in [-0.05, 0) is 50.3 Å². The zero-order valence-electron chi connectivity index (χ0n) is 12.9. The molecule has 0 aliphatic heterocycles. The summed E-state index contributed by atoms with van der Waals surface area (Å²) in [6.07, 6.45) is 6.35. The van der Waals surface area contributed by atoms with Crippen molar-refractivity contribution < 1.29 is 4.74 Å². The number of hydrogen-bond acceptors (Lipinski definition) is 2. The lowest BCUT2D eigenvalue weighted by Gasteiger charge is -2.25. The molecule has 118 valence electrons. The summed E-state index contributed by atoms with van der Waals surface area (Å²) in [5.41, 5.74) is 1.05. The van der Waals surface area contributed by atoms with Gasteiger partial charge in [-0.1, -0.05) is 43.5 Å². The van der Waals surface area contributed by atoms with Crippen molar-refractivity contribution in [3.8, 4) is 5.75 Å². The van der Waals surface area contributed by atoms with Crippen LogP contribution in [-0.2, 0) is 6.54 Å². The van der Waals surface area contributed by atoms with Gasteiger partial charge in [0.15, 0.2) is 0 Å². The molecule has 0 saturated heterocycles. The van der Waals surface area contributed by atoms with E-state index < -0.39 is 0 Å². The van der Waals surface area contributed by atoms with Crippen LogP contribution in [0.5, 0.6) is 5.75 Å². The Hall–Kier alpha value is -0.440. The van der Waals surface area contributed by atoms with E-state index in [2.05, 4.69) is 19.2 Å². The number of rotatable bonds is 6. The molecular formula is C17H25Cl2NO. The molecule has 2 nitrogen and oxygen atoms in total. The van der Waals surface area contributed by atoms with Crippen LogP contribution in [0.15, 0.2) is 12.1 Å². The Bertz CT molecular complexity index is 456. The second-order valence-corrected chi connectivity index (χ2v) is 7.12. The van der Waals surface area contributed by atoms with Gasteiger partial charge >= 0.3 is 0 Å². The van der Waals surface area contributed by atoms with E-state index in [9.17, 15) is 0 Å². The van der Waals surface area contributed by atoms with Crippen molar-refractivity contribution in [1.29, 1.82) is 0 Å². The van der Waals surface area contributed by atoms with Gasteiger partial charge in [0, 0.05) is 17.1 Å². The summed E-state index contributed by atoms with van der Waals surface area (Å²) < 4.78 is 6.20. The zero-order valence-corrected chi connectivity index (χ0v) is 14.4. The van der Waals surface area contributed by atoms with Crippen molar-refractivity contribution in [3.05, 3.63) is 27.7 Å². The van der Waals surface area contributed by atoms with Gasteiger partial charge in [-0.3, -0.25) is 0 Å². The van der Waals surface area contributed by atoms with Crippen LogP contribution in [0.2, 0.25) is 10.0 Å². The summed E-state index contributed by atoms with van der Waals surface area (Å²) in [4.78, 5) is 0. The maximum absolute atomic E-state index is 6.36. The van der Waals surface area contributed by atoms with Gasteiger partial charge in [-0.25, -0.2) is 0 Å². The van der Waals surface area contributed by atoms with E-state index in [1.165, 1.54) is 19.3 Å². The lowest BCUT2D eigenvalue weighted by atomic mass is 9.97. The number of benzene rings is 1. The van der Waals surface area contributed by atoms with Crippen LogP contribution < -0.4 is 10.1 Å². The molecule has 0 heterocycles. The van der Waals surface area contributed by atoms with Crippen molar-refractivity contribution in [1.82, 2.24) is 5.32 Å². The van der Waals surface area contributed by atoms with E-state index in [1.807, 2.05) is 6.07 Å². The third-order valence-corrected chi connectivity index (χ3v) is 4.29. The van der Waals surface area contributed by atoms with Gasteiger partial charge in [-0.15, -0.1) is 0 Å². The smallest absolute Gasteiger partial charge is 0.142 e. The Morgan fingerprint density at radius 3 is 2.57 bits per heavy atom. The second kappa shape index (κ2) is 8.26. The minimum atomic E-state index is 0.293. The maximum atomic E-state index is 6.36. The third-order valence-electron chi connectivity index (χ3n) is 3.79. The molecule has 1 saturated carbocycles. The van der Waals surface area contributed by atoms with E-state index in [0.717, 1.165) is 37.2 Å². The first kappa shape index (κ1) is 16.9. The second-order valence-electron chi connectivity index (χ2n) is 6.28. The SMILES string of the molecule is CC(C)CNCc1cc(Cl)cc(Cl)c1OC1CCCCC1. The Balaban J connectivity index is 2.09. The van der Waals surface area contributed by atoms with E-state index in [4.69, 9.17) is 27.9 Å². The summed E-state index contributed by atoms with van der Waals surface area (Å²) in [6, 6.07) is 3.73. The monoisotopic (exact) mass is 329 g/mol. The van der Waals surface area contributed by atoms with Gasteiger partial charge in [0.1, 0.15) is 5.75 Å². The molecule has 0 amide bonds. The average molecular weight is 330 g/mol. The minimum Gasteiger partial charge on any atom is -0.489 e. The van der Waals surface area contributed by atoms with Crippen LogP contribution in [0.1, 0.15) is 51.5 Å². The van der Waals surface area contributed by atoms with Crippen molar-refractivity contribution in [2.24, 2.45) is 5.92 Å². The van der Waals surface area contributed by atoms with Crippen molar-refractivity contribution in [3.63, 3.8) is 0 Å². The molecule has 4 heteroatoms. The van der Waals surface area contributed by atoms with Crippen LogP contribution in [0, 0.1) is 5.92 Å². The highest BCUT2D eigenvalue weighted by Crippen LogP contribution is 2.35. The summed E-state index contributed by atoms with van der Waals surface area (Å²) in [7, 11) is 0. The summed E-state index contributed by atoms with van der Waals surface area (Å²) in [5.74, 6) is 1.42. The lowest BCUT2D eigenvalue weighted by molar-refractivity contribution is 0.153. The molecule has 1 N–H and O–H groups in total. The highest BCUT2D eigenvalue weighted by Gasteiger charge is 2.19. The first-order chi connectivity index (χ1) is 10.1. The summed E-state index contributed by atoms with van der Waals surface area (Å²) in [6.45, 7) is 6.09. The molecule has 21 heavy (non-hydrogen) atoms. The molecule has 0 atom stereocenters. The molecule has 1 aliphatic carbocycles. The van der Waals surface area contributed by atoms with Gasteiger partial charge in [0.05, 0.1) is 11.1 Å². The highest BCUT2D eigenvalue weighted by molar-refractivity contribution is 6.35. The predicted octanol–water partition coefficient (Wildman–Crippen LogP) is 5.45. The highest BCUT2D eigenvalue weighted by atomic mass is 35.5. The van der Waals surface area contributed by atoms with Crippen LogP contribution in [0.4, 0.5) is 0 Å².